The van der Waals surface area contributed by atoms with Gasteiger partial charge in [-0.05, 0) is 12.1 Å². The molecule has 0 spiro atoms. The van der Waals surface area contributed by atoms with Crippen LogP contribution in [0, 0.1) is 12.3 Å². The van der Waals surface area contributed by atoms with Crippen molar-refractivity contribution in [1.82, 2.24) is 10.3 Å². The first-order valence-electron chi connectivity index (χ1n) is 8.46. The van der Waals surface area contributed by atoms with Crippen molar-refractivity contribution in [2.24, 2.45) is 5.73 Å². The van der Waals surface area contributed by atoms with Crippen LogP contribution in [0.4, 0.5) is 0 Å². The summed E-state index contributed by atoms with van der Waals surface area (Å²) >= 11 is 0. The van der Waals surface area contributed by atoms with Crippen molar-refractivity contribution in [1.29, 1.82) is 0 Å². The highest BCUT2D eigenvalue weighted by Gasteiger charge is 2.09. The van der Waals surface area contributed by atoms with Crippen molar-refractivity contribution in [2.45, 2.75) is 0 Å². The molecule has 0 radical (unpaired) electrons. The summed E-state index contributed by atoms with van der Waals surface area (Å²) in [5.74, 6) is 0.742. The van der Waals surface area contributed by atoms with Crippen molar-refractivity contribution < 1.29 is 28.6 Å². The zero-order valence-electron chi connectivity index (χ0n) is 15.4. The molecular formula is C19H23N3O6. The van der Waals surface area contributed by atoms with Crippen LogP contribution in [0.3, 0.4) is 0 Å². The number of rotatable bonds is 14. The topological polar surface area (TPSA) is 130 Å². The maximum Gasteiger partial charge on any atom is 0.252 e. The number of ether oxygens (including phenoxy) is 3. The number of carbonyl (C=O) groups is 3. The molecule has 0 aliphatic rings. The van der Waals surface area contributed by atoms with Gasteiger partial charge in [-0.3, -0.25) is 19.4 Å². The first kappa shape index (κ1) is 23.0. The van der Waals surface area contributed by atoms with Crippen LogP contribution in [-0.4, -0.2) is 68.8 Å². The summed E-state index contributed by atoms with van der Waals surface area (Å²) in [5.41, 5.74) is 5.33. The summed E-state index contributed by atoms with van der Waals surface area (Å²) in [5, 5.41) is 2.65. The number of primary amides is 1. The molecule has 0 fully saturated rings. The van der Waals surface area contributed by atoms with E-state index in [9.17, 15) is 14.4 Å². The molecule has 150 valence electrons. The van der Waals surface area contributed by atoms with Crippen LogP contribution in [-0.2, 0) is 19.0 Å². The van der Waals surface area contributed by atoms with Gasteiger partial charge >= 0.3 is 0 Å². The standard InChI is InChI=1S/C19H23N3O6/c1-2-6-26-8-10-28-11-9-27-7-5-22-19(25)16-12-15(13-21-14-16)17(23)3-4-18(20)24/h1,3-4,12-14H,5-11H2,(H2,20,24)(H,22,25)/b4-3+. The summed E-state index contributed by atoms with van der Waals surface area (Å²) in [7, 11) is 0. The van der Waals surface area contributed by atoms with E-state index in [1.165, 1.54) is 18.5 Å². The molecule has 9 heteroatoms. The van der Waals surface area contributed by atoms with Gasteiger partial charge in [-0.15, -0.1) is 6.42 Å². The van der Waals surface area contributed by atoms with Crippen LogP contribution in [0.25, 0.3) is 0 Å². The zero-order chi connectivity index (χ0) is 20.6. The third kappa shape index (κ3) is 10.2. The maximum absolute atomic E-state index is 12.1. The molecule has 0 aromatic carbocycles. The molecule has 0 aliphatic carbocycles. The fraction of sp³-hybridized carbons (Fsp3) is 0.368. The predicted molar refractivity (Wildman–Crippen MR) is 101 cm³/mol. The van der Waals surface area contributed by atoms with Gasteiger partial charge in [0, 0.05) is 30.6 Å². The highest BCUT2D eigenvalue weighted by atomic mass is 16.5. The SMILES string of the molecule is C#CCOCCOCCOCCNC(=O)c1cncc(C(=O)/C=C/C(N)=O)c1. The molecule has 1 aromatic heterocycles. The van der Waals surface area contributed by atoms with E-state index in [1.807, 2.05) is 0 Å². The lowest BCUT2D eigenvalue weighted by molar-refractivity contribution is -0.113. The number of pyridine rings is 1. The van der Waals surface area contributed by atoms with E-state index in [0.29, 0.717) is 33.0 Å². The van der Waals surface area contributed by atoms with Crippen LogP contribution in [0.1, 0.15) is 20.7 Å². The first-order chi connectivity index (χ1) is 13.5. The number of nitrogens with one attached hydrogen (secondary N) is 1. The van der Waals surface area contributed by atoms with Gasteiger partial charge in [0.2, 0.25) is 5.91 Å². The molecule has 1 aromatic rings. The number of carbonyl (C=O) groups excluding carboxylic acids is 3. The van der Waals surface area contributed by atoms with Crippen molar-refractivity contribution in [3.05, 3.63) is 41.7 Å². The van der Waals surface area contributed by atoms with Crippen molar-refractivity contribution >= 4 is 17.6 Å². The number of allylic oxidation sites excluding steroid dienone is 1. The number of terminal acetylenes is 1. The maximum atomic E-state index is 12.1. The number of amides is 2. The van der Waals surface area contributed by atoms with Crippen LogP contribution in [0.5, 0.6) is 0 Å². The average Bonchev–Trinajstić information content (AvgIpc) is 2.70. The lowest BCUT2D eigenvalue weighted by Crippen LogP contribution is -2.28. The number of nitrogens with two attached hydrogens (primary N) is 1. The van der Waals surface area contributed by atoms with Gasteiger partial charge in [0.05, 0.1) is 38.6 Å². The van der Waals surface area contributed by atoms with Gasteiger partial charge in [-0.25, -0.2) is 0 Å². The molecule has 2 amide bonds. The van der Waals surface area contributed by atoms with E-state index in [1.54, 1.807) is 0 Å². The predicted octanol–water partition coefficient (Wildman–Crippen LogP) is -0.281. The Kier molecular flexibility index (Phi) is 11.5. The Balaban J connectivity index is 2.24. The molecule has 0 bridgehead atoms. The molecule has 0 atom stereocenters. The summed E-state index contributed by atoms with van der Waals surface area (Å²) in [6.07, 6.45) is 9.64. The van der Waals surface area contributed by atoms with Crippen molar-refractivity contribution in [3.63, 3.8) is 0 Å². The van der Waals surface area contributed by atoms with Gasteiger partial charge in [-0.1, -0.05) is 5.92 Å². The van der Waals surface area contributed by atoms with Crippen LogP contribution < -0.4 is 11.1 Å². The van der Waals surface area contributed by atoms with E-state index in [-0.39, 0.29) is 24.3 Å². The van der Waals surface area contributed by atoms with E-state index in [4.69, 9.17) is 26.4 Å². The third-order valence-electron chi connectivity index (χ3n) is 3.15. The molecule has 9 nitrogen and oxygen atoms in total. The van der Waals surface area contributed by atoms with Crippen LogP contribution in [0.2, 0.25) is 0 Å². The highest BCUT2D eigenvalue weighted by Crippen LogP contribution is 2.04. The number of hydrogen-bond acceptors (Lipinski definition) is 7. The molecule has 28 heavy (non-hydrogen) atoms. The third-order valence-corrected chi connectivity index (χ3v) is 3.15. The lowest BCUT2D eigenvalue weighted by atomic mass is 10.1. The van der Waals surface area contributed by atoms with E-state index < -0.39 is 17.6 Å². The molecule has 1 heterocycles. The zero-order valence-corrected chi connectivity index (χ0v) is 15.4. The minimum Gasteiger partial charge on any atom is -0.377 e. The minimum atomic E-state index is -0.738. The molecule has 0 saturated heterocycles. The Hall–Kier alpha value is -3.06. The van der Waals surface area contributed by atoms with Crippen molar-refractivity contribution in [3.8, 4) is 12.3 Å². The highest BCUT2D eigenvalue weighted by molar-refractivity contribution is 6.08. The Bertz CT molecular complexity index is 727. The molecule has 0 unspecified atom stereocenters. The first-order valence-corrected chi connectivity index (χ1v) is 8.46. The average molecular weight is 389 g/mol. The molecule has 0 aliphatic heterocycles. The quantitative estimate of drug-likeness (QED) is 0.194. The van der Waals surface area contributed by atoms with E-state index in [0.717, 1.165) is 12.2 Å². The molecule has 3 N–H and O–H groups in total. The number of nitrogens with zero attached hydrogens (tertiary/aromatic N) is 1. The normalized spacial score (nSPS) is 10.5. The van der Waals surface area contributed by atoms with Gasteiger partial charge in [0.25, 0.3) is 5.91 Å². The largest absolute Gasteiger partial charge is 0.377 e. The fourth-order valence-corrected chi connectivity index (χ4v) is 1.86. The number of aromatic nitrogens is 1. The van der Waals surface area contributed by atoms with Gasteiger partial charge < -0.3 is 25.3 Å². The van der Waals surface area contributed by atoms with Gasteiger partial charge in [-0.2, -0.15) is 0 Å². The van der Waals surface area contributed by atoms with Crippen molar-refractivity contribution in [2.75, 3.05) is 46.2 Å². The second-order valence-corrected chi connectivity index (χ2v) is 5.30. The number of ketones is 1. The molecule has 1 rings (SSSR count). The fourth-order valence-electron chi connectivity index (χ4n) is 1.86. The minimum absolute atomic E-state index is 0.171. The number of hydrogen-bond donors (Lipinski definition) is 2. The van der Waals surface area contributed by atoms with E-state index >= 15 is 0 Å². The Morgan fingerprint density at radius 2 is 1.68 bits per heavy atom. The molecular weight excluding hydrogens is 366 g/mol. The Morgan fingerprint density at radius 1 is 1.04 bits per heavy atom. The Labute approximate surface area is 163 Å². The summed E-state index contributed by atoms with van der Waals surface area (Å²) in [4.78, 5) is 38.5. The smallest absolute Gasteiger partial charge is 0.252 e. The van der Waals surface area contributed by atoms with Crippen LogP contribution in [0.15, 0.2) is 30.6 Å². The van der Waals surface area contributed by atoms with Gasteiger partial charge in [0.1, 0.15) is 6.61 Å². The summed E-state index contributed by atoms with van der Waals surface area (Å²) in [6.45, 7) is 2.48. The van der Waals surface area contributed by atoms with Gasteiger partial charge in [0.15, 0.2) is 5.78 Å². The van der Waals surface area contributed by atoms with Crippen LogP contribution >= 0.6 is 0 Å². The summed E-state index contributed by atoms with van der Waals surface area (Å²) in [6, 6.07) is 1.38. The molecule has 0 saturated carbocycles. The monoisotopic (exact) mass is 389 g/mol. The Morgan fingerprint density at radius 3 is 2.36 bits per heavy atom. The lowest BCUT2D eigenvalue weighted by Gasteiger charge is -2.07. The van der Waals surface area contributed by atoms with E-state index in [2.05, 4.69) is 16.2 Å². The second-order valence-electron chi connectivity index (χ2n) is 5.30. The summed E-state index contributed by atoms with van der Waals surface area (Å²) < 4.78 is 15.6. The second kappa shape index (κ2) is 14.1.